The molecule has 0 bridgehead atoms. The van der Waals surface area contributed by atoms with Gasteiger partial charge < -0.3 is 14.9 Å². The van der Waals surface area contributed by atoms with Crippen molar-refractivity contribution in [1.29, 1.82) is 0 Å². The summed E-state index contributed by atoms with van der Waals surface area (Å²) in [6.07, 6.45) is 0. The second-order valence-corrected chi connectivity index (χ2v) is 4.04. The molecule has 20 heavy (non-hydrogen) atoms. The minimum atomic E-state index is -1.17. The number of rotatable bonds is 4. The quantitative estimate of drug-likeness (QED) is 0.894. The summed E-state index contributed by atoms with van der Waals surface area (Å²) in [6.45, 7) is 0. The van der Waals surface area contributed by atoms with Crippen molar-refractivity contribution in [2.24, 2.45) is 0 Å². The average molecular weight is 272 g/mol. The van der Waals surface area contributed by atoms with Gasteiger partial charge >= 0.3 is 11.9 Å². The van der Waals surface area contributed by atoms with Gasteiger partial charge in [0.15, 0.2) is 0 Å². The van der Waals surface area contributed by atoms with Crippen molar-refractivity contribution < 1.29 is 24.5 Å². The van der Waals surface area contributed by atoms with E-state index in [0.717, 1.165) is 0 Å². The first-order valence-electron chi connectivity index (χ1n) is 5.79. The Morgan fingerprint density at radius 2 is 1.55 bits per heavy atom. The zero-order valence-corrected chi connectivity index (χ0v) is 10.7. The summed E-state index contributed by atoms with van der Waals surface area (Å²) in [5.74, 6) is -2.09. The number of benzene rings is 2. The van der Waals surface area contributed by atoms with E-state index >= 15 is 0 Å². The molecule has 0 aliphatic heterocycles. The first-order chi connectivity index (χ1) is 9.56. The molecule has 5 nitrogen and oxygen atoms in total. The van der Waals surface area contributed by atoms with Crippen LogP contribution in [0.25, 0.3) is 11.1 Å². The SMILES string of the molecule is COc1cccc(-c2ccccc2C(=O)O)c1C(=O)O. The van der Waals surface area contributed by atoms with Crippen molar-refractivity contribution in [2.45, 2.75) is 0 Å². The average Bonchev–Trinajstić information content (AvgIpc) is 2.46. The predicted molar refractivity (Wildman–Crippen MR) is 72.3 cm³/mol. The van der Waals surface area contributed by atoms with Gasteiger partial charge in [-0.3, -0.25) is 0 Å². The molecule has 0 aliphatic carbocycles. The molecule has 0 fully saturated rings. The van der Waals surface area contributed by atoms with Crippen molar-refractivity contribution in [1.82, 2.24) is 0 Å². The number of methoxy groups -OCH3 is 1. The molecule has 0 aromatic heterocycles. The molecule has 0 saturated heterocycles. The van der Waals surface area contributed by atoms with E-state index in [9.17, 15) is 19.8 Å². The van der Waals surface area contributed by atoms with E-state index in [1.165, 1.54) is 19.2 Å². The zero-order valence-electron chi connectivity index (χ0n) is 10.7. The highest BCUT2D eigenvalue weighted by molar-refractivity contribution is 6.03. The van der Waals surface area contributed by atoms with Gasteiger partial charge in [-0.2, -0.15) is 0 Å². The second-order valence-electron chi connectivity index (χ2n) is 4.04. The van der Waals surface area contributed by atoms with Crippen LogP contribution in [0, 0.1) is 0 Å². The number of carboxylic acid groups (broad SMARTS) is 2. The lowest BCUT2D eigenvalue weighted by atomic mass is 9.95. The standard InChI is InChI=1S/C15H12O5/c1-20-12-8-4-7-10(13(12)15(18)19)9-5-2-3-6-11(9)14(16)17/h2-8H,1H3,(H,16,17)(H,18,19). The van der Waals surface area contributed by atoms with E-state index < -0.39 is 11.9 Å². The zero-order chi connectivity index (χ0) is 14.7. The van der Waals surface area contributed by atoms with Crippen LogP contribution in [-0.2, 0) is 0 Å². The summed E-state index contributed by atoms with van der Waals surface area (Å²) in [5.41, 5.74) is 0.651. The van der Waals surface area contributed by atoms with Gasteiger partial charge in [-0.05, 0) is 17.7 Å². The third-order valence-electron chi connectivity index (χ3n) is 2.91. The van der Waals surface area contributed by atoms with Gasteiger partial charge in [-0.15, -0.1) is 0 Å². The Labute approximate surface area is 115 Å². The Morgan fingerprint density at radius 1 is 0.900 bits per heavy atom. The molecule has 0 atom stereocenters. The molecule has 2 N–H and O–H groups in total. The summed E-state index contributed by atoms with van der Waals surface area (Å²) in [5, 5.41) is 18.5. The van der Waals surface area contributed by atoms with Crippen LogP contribution >= 0.6 is 0 Å². The van der Waals surface area contributed by atoms with E-state index in [2.05, 4.69) is 0 Å². The lowest BCUT2D eigenvalue weighted by Gasteiger charge is -2.12. The molecule has 102 valence electrons. The van der Waals surface area contributed by atoms with Crippen LogP contribution in [0.4, 0.5) is 0 Å². The van der Waals surface area contributed by atoms with Crippen LogP contribution in [0.5, 0.6) is 5.75 Å². The molecule has 0 unspecified atom stereocenters. The van der Waals surface area contributed by atoms with E-state index in [0.29, 0.717) is 11.1 Å². The Kier molecular flexibility index (Phi) is 3.70. The summed E-state index contributed by atoms with van der Waals surface area (Å²) in [6, 6.07) is 11.0. The van der Waals surface area contributed by atoms with Crippen molar-refractivity contribution in [2.75, 3.05) is 7.11 Å². The van der Waals surface area contributed by atoms with Gasteiger partial charge in [-0.25, -0.2) is 9.59 Å². The molecule has 0 heterocycles. The smallest absolute Gasteiger partial charge is 0.340 e. The van der Waals surface area contributed by atoms with Gasteiger partial charge in [0.25, 0.3) is 0 Å². The summed E-state index contributed by atoms with van der Waals surface area (Å²) in [4.78, 5) is 22.7. The Hall–Kier alpha value is -2.82. The molecule has 0 spiro atoms. The van der Waals surface area contributed by atoms with Crippen LogP contribution in [-0.4, -0.2) is 29.3 Å². The van der Waals surface area contributed by atoms with Crippen molar-refractivity contribution in [3.8, 4) is 16.9 Å². The van der Waals surface area contributed by atoms with E-state index in [1.54, 1.807) is 30.3 Å². The van der Waals surface area contributed by atoms with Crippen LogP contribution in [0.3, 0.4) is 0 Å². The number of hydrogen-bond donors (Lipinski definition) is 2. The molecule has 0 amide bonds. The van der Waals surface area contributed by atoms with Gasteiger partial charge in [0.2, 0.25) is 0 Å². The third kappa shape index (κ3) is 2.33. The second kappa shape index (κ2) is 5.44. The van der Waals surface area contributed by atoms with Crippen molar-refractivity contribution >= 4 is 11.9 Å². The number of ether oxygens (including phenoxy) is 1. The van der Waals surface area contributed by atoms with Crippen LogP contribution in [0.1, 0.15) is 20.7 Å². The molecule has 0 aliphatic rings. The molecule has 0 saturated carbocycles. The summed E-state index contributed by atoms with van der Waals surface area (Å²) < 4.78 is 5.04. The van der Waals surface area contributed by atoms with Crippen LogP contribution < -0.4 is 4.74 Å². The molecule has 2 rings (SSSR count). The van der Waals surface area contributed by atoms with Gasteiger partial charge in [-0.1, -0.05) is 30.3 Å². The minimum absolute atomic E-state index is 0.0447. The van der Waals surface area contributed by atoms with Gasteiger partial charge in [0.05, 0.1) is 12.7 Å². The number of aromatic carboxylic acids is 2. The first kappa shape index (κ1) is 13.6. The van der Waals surface area contributed by atoms with Gasteiger partial charge in [0, 0.05) is 5.56 Å². The fourth-order valence-electron chi connectivity index (χ4n) is 2.05. The predicted octanol–water partition coefficient (Wildman–Crippen LogP) is 2.76. The van der Waals surface area contributed by atoms with Crippen molar-refractivity contribution in [3.05, 3.63) is 53.6 Å². The molecule has 2 aromatic rings. The largest absolute Gasteiger partial charge is 0.496 e. The highest BCUT2D eigenvalue weighted by Gasteiger charge is 2.20. The fraction of sp³-hybridized carbons (Fsp3) is 0.0667. The summed E-state index contributed by atoms with van der Waals surface area (Å²) in [7, 11) is 1.37. The van der Waals surface area contributed by atoms with E-state index in [4.69, 9.17) is 4.74 Å². The Bertz CT molecular complexity index is 676. The first-order valence-corrected chi connectivity index (χ1v) is 5.79. The molecule has 2 aromatic carbocycles. The van der Waals surface area contributed by atoms with E-state index in [-0.39, 0.29) is 16.9 Å². The van der Waals surface area contributed by atoms with Gasteiger partial charge in [0.1, 0.15) is 11.3 Å². The lowest BCUT2D eigenvalue weighted by molar-refractivity contribution is 0.0682. The molecular formula is C15H12O5. The summed E-state index contributed by atoms with van der Waals surface area (Å²) >= 11 is 0. The van der Waals surface area contributed by atoms with Crippen LogP contribution in [0.15, 0.2) is 42.5 Å². The lowest BCUT2D eigenvalue weighted by Crippen LogP contribution is -2.06. The maximum absolute atomic E-state index is 11.4. The Balaban J connectivity index is 2.77. The van der Waals surface area contributed by atoms with Crippen LogP contribution in [0.2, 0.25) is 0 Å². The number of carbonyl (C=O) groups is 2. The molecule has 0 radical (unpaired) electrons. The highest BCUT2D eigenvalue weighted by Crippen LogP contribution is 2.32. The topological polar surface area (TPSA) is 83.8 Å². The highest BCUT2D eigenvalue weighted by atomic mass is 16.5. The molecule has 5 heteroatoms. The normalized spacial score (nSPS) is 10.1. The number of hydrogen-bond acceptors (Lipinski definition) is 3. The maximum atomic E-state index is 11.4. The monoisotopic (exact) mass is 272 g/mol. The number of carboxylic acids is 2. The fourth-order valence-corrected chi connectivity index (χ4v) is 2.05. The maximum Gasteiger partial charge on any atom is 0.340 e. The Morgan fingerprint density at radius 3 is 2.15 bits per heavy atom. The van der Waals surface area contributed by atoms with E-state index in [1.807, 2.05) is 0 Å². The van der Waals surface area contributed by atoms with Crippen molar-refractivity contribution in [3.63, 3.8) is 0 Å². The molecular weight excluding hydrogens is 260 g/mol. The third-order valence-corrected chi connectivity index (χ3v) is 2.91. The minimum Gasteiger partial charge on any atom is -0.496 e.